The molecule has 1 heterocycles. The summed E-state index contributed by atoms with van der Waals surface area (Å²) in [6.07, 6.45) is 0. The smallest absolute Gasteiger partial charge is 0.282 e. The lowest BCUT2D eigenvalue weighted by Gasteiger charge is -2.17. The lowest BCUT2D eigenvalue weighted by molar-refractivity contribution is -0.120. The molecule has 3 aromatic rings. The normalized spacial score (nSPS) is 13.7. The number of ether oxygens (including phenoxy) is 1. The molecule has 5 nitrogen and oxygen atoms in total. The van der Waals surface area contributed by atoms with Gasteiger partial charge in [-0.25, -0.2) is 4.90 Å². The van der Waals surface area contributed by atoms with Crippen molar-refractivity contribution in [2.24, 2.45) is 0 Å². The minimum absolute atomic E-state index is 0.208. The molecule has 1 N–H and O–H groups in total. The zero-order chi connectivity index (χ0) is 23.0. The number of halogens is 1. The highest BCUT2D eigenvalue weighted by molar-refractivity contribution is 6.46. The molecule has 4 rings (SSSR count). The molecule has 0 spiro atoms. The summed E-state index contributed by atoms with van der Waals surface area (Å²) in [6.45, 7) is 5.85. The highest BCUT2D eigenvalue weighted by Gasteiger charge is 2.40. The van der Waals surface area contributed by atoms with E-state index >= 15 is 0 Å². The van der Waals surface area contributed by atoms with Crippen molar-refractivity contribution in [3.8, 4) is 5.75 Å². The summed E-state index contributed by atoms with van der Waals surface area (Å²) in [5.41, 5.74) is 5.34. The van der Waals surface area contributed by atoms with E-state index < -0.39 is 5.91 Å². The largest absolute Gasteiger partial charge is 0.495 e. The Bertz CT molecular complexity index is 1240. The first-order valence-electron chi connectivity index (χ1n) is 10.2. The van der Waals surface area contributed by atoms with Crippen molar-refractivity contribution >= 4 is 40.4 Å². The molecule has 32 heavy (non-hydrogen) atoms. The molecular formula is C26H23ClN2O3. The third-order valence-corrected chi connectivity index (χ3v) is 5.61. The van der Waals surface area contributed by atoms with Gasteiger partial charge in [0.1, 0.15) is 11.4 Å². The van der Waals surface area contributed by atoms with E-state index in [0.29, 0.717) is 33.3 Å². The molecule has 1 aliphatic rings. The average Bonchev–Trinajstić information content (AvgIpc) is 2.98. The van der Waals surface area contributed by atoms with Gasteiger partial charge < -0.3 is 10.1 Å². The van der Waals surface area contributed by atoms with Crippen molar-refractivity contribution in [2.75, 3.05) is 17.3 Å². The standard InChI is InChI=1S/C26H23ClN2O3/c1-15-5-7-18(8-6-15)23-24(28-19-9-10-22(32-4)21(27)14-19)26(31)29(25(23)30)20-12-16(2)11-17(3)13-20/h5-14,28H,1-4H3. The third kappa shape index (κ3) is 3.99. The fraction of sp³-hybridized carbons (Fsp3) is 0.154. The number of nitrogens with zero attached hydrogens (tertiary/aromatic N) is 1. The number of carbonyl (C=O) groups excluding carboxylic acids is 2. The Labute approximate surface area is 192 Å². The monoisotopic (exact) mass is 446 g/mol. The van der Waals surface area contributed by atoms with E-state index in [1.54, 1.807) is 18.2 Å². The van der Waals surface area contributed by atoms with E-state index in [2.05, 4.69) is 5.32 Å². The van der Waals surface area contributed by atoms with E-state index in [9.17, 15) is 9.59 Å². The van der Waals surface area contributed by atoms with E-state index in [1.807, 2.05) is 63.2 Å². The van der Waals surface area contributed by atoms with Crippen LogP contribution in [0, 0.1) is 20.8 Å². The number of benzene rings is 3. The Kier molecular flexibility index (Phi) is 5.76. The fourth-order valence-electron chi connectivity index (χ4n) is 3.84. The van der Waals surface area contributed by atoms with Gasteiger partial charge in [-0.1, -0.05) is 47.5 Å². The molecule has 0 unspecified atom stereocenters. The number of carbonyl (C=O) groups is 2. The first-order chi connectivity index (χ1) is 15.3. The molecule has 162 valence electrons. The van der Waals surface area contributed by atoms with Gasteiger partial charge in [-0.3, -0.25) is 9.59 Å². The minimum atomic E-state index is -0.414. The summed E-state index contributed by atoms with van der Waals surface area (Å²) in [4.78, 5) is 28.3. The van der Waals surface area contributed by atoms with E-state index in [4.69, 9.17) is 16.3 Å². The summed E-state index contributed by atoms with van der Waals surface area (Å²) in [5.74, 6) is -0.260. The predicted molar refractivity (Wildman–Crippen MR) is 128 cm³/mol. The maximum atomic E-state index is 13.6. The second kappa shape index (κ2) is 8.52. The van der Waals surface area contributed by atoms with Crippen molar-refractivity contribution in [3.05, 3.63) is 93.6 Å². The van der Waals surface area contributed by atoms with Crippen LogP contribution >= 0.6 is 11.6 Å². The number of hydrogen-bond donors (Lipinski definition) is 1. The van der Waals surface area contributed by atoms with Crippen LogP contribution in [0.4, 0.5) is 11.4 Å². The van der Waals surface area contributed by atoms with Crippen LogP contribution in [0.15, 0.2) is 66.4 Å². The fourth-order valence-corrected chi connectivity index (χ4v) is 4.09. The second-order valence-electron chi connectivity index (χ2n) is 7.88. The van der Waals surface area contributed by atoms with Gasteiger partial charge >= 0.3 is 0 Å². The number of hydrogen-bond acceptors (Lipinski definition) is 4. The van der Waals surface area contributed by atoms with Crippen molar-refractivity contribution in [3.63, 3.8) is 0 Å². The Hall–Kier alpha value is -3.57. The molecule has 0 atom stereocenters. The molecule has 0 fully saturated rings. The summed E-state index contributed by atoms with van der Waals surface area (Å²) < 4.78 is 5.21. The van der Waals surface area contributed by atoms with Crippen molar-refractivity contribution in [1.29, 1.82) is 0 Å². The van der Waals surface area contributed by atoms with Gasteiger partial charge in [0.25, 0.3) is 11.8 Å². The maximum Gasteiger partial charge on any atom is 0.282 e. The molecule has 0 aliphatic carbocycles. The molecule has 3 aromatic carbocycles. The SMILES string of the molecule is COc1ccc(NC2=C(c3ccc(C)cc3)C(=O)N(c3cc(C)cc(C)c3)C2=O)cc1Cl. The summed E-state index contributed by atoms with van der Waals surface area (Å²) in [7, 11) is 1.53. The highest BCUT2D eigenvalue weighted by atomic mass is 35.5. The number of imide groups is 1. The number of rotatable bonds is 5. The highest BCUT2D eigenvalue weighted by Crippen LogP contribution is 2.36. The molecule has 0 radical (unpaired) electrons. The topological polar surface area (TPSA) is 58.6 Å². The lowest BCUT2D eigenvalue weighted by atomic mass is 10.0. The first kappa shape index (κ1) is 21.7. The van der Waals surface area contributed by atoms with Crippen molar-refractivity contribution < 1.29 is 14.3 Å². The quantitative estimate of drug-likeness (QED) is 0.513. The van der Waals surface area contributed by atoms with Gasteiger partial charge in [0.2, 0.25) is 0 Å². The minimum Gasteiger partial charge on any atom is -0.495 e. The predicted octanol–water partition coefficient (Wildman–Crippen LogP) is 5.67. The zero-order valence-corrected chi connectivity index (χ0v) is 19.1. The van der Waals surface area contributed by atoms with Crippen LogP contribution in [0.3, 0.4) is 0 Å². The molecule has 0 bridgehead atoms. The summed E-state index contributed by atoms with van der Waals surface area (Å²) in [6, 6.07) is 18.3. The van der Waals surface area contributed by atoms with Gasteiger partial charge in [0.15, 0.2) is 0 Å². The van der Waals surface area contributed by atoms with Crippen LogP contribution in [-0.2, 0) is 9.59 Å². The molecule has 0 saturated heterocycles. The molecule has 0 saturated carbocycles. The number of methoxy groups -OCH3 is 1. The maximum absolute atomic E-state index is 13.6. The molecule has 2 amide bonds. The Morgan fingerprint density at radius 2 is 1.47 bits per heavy atom. The molecule has 6 heteroatoms. The van der Waals surface area contributed by atoms with E-state index in [0.717, 1.165) is 16.7 Å². The van der Waals surface area contributed by atoms with Crippen LogP contribution in [0.2, 0.25) is 5.02 Å². The van der Waals surface area contributed by atoms with Crippen LogP contribution in [0.25, 0.3) is 5.57 Å². The Morgan fingerprint density at radius 3 is 2.06 bits per heavy atom. The van der Waals surface area contributed by atoms with Crippen molar-refractivity contribution in [2.45, 2.75) is 20.8 Å². The second-order valence-corrected chi connectivity index (χ2v) is 8.29. The van der Waals surface area contributed by atoms with Crippen LogP contribution in [0.1, 0.15) is 22.3 Å². The van der Waals surface area contributed by atoms with Crippen LogP contribution in [-0.4, -0.2) is 18.9 Å². The van der Waals surface area contributed by atoms with Gasteiger partial charge in [-0.15, -0.1) is 0 Å². The van der Waals surface area contributed by atoms with Gasteiger partial charge in [-0.05, 0) is 67.8 Å². The number of anilines is 2. The van der Waals surface area contributed by atoms with Crippen molar-refractivity contribution in [1.82, 2.24) is 0 Å². The van der Waals surface area contributed by atoms with E-state index in [1.165, 1.54) is 12.0 Å². The van der Waals surface area contributed by atoms with Crippen LogP contribution in [0.5, 0.6) is 5.75 Å². The average molecular weight is 447 g/mol. The molecular weight excluding hydrogens is 424 g/mol. The number of aryl methyl sites for hydroxylation is 3. The Balaban J connectivity index is 1.82. The number of nitrogens with one attached hydrogen (secondary N) is 1. The zero-order valence-electron chi connectivity index (χ0n) is 18.3. The lowest BCUT2D eigenvalue weighted by Crippen LogP contribution is -2.32. The molecule has 0 aromatic heterocycles. The van der Waals surface area contributed by atoms with Gasteiger partial charge in [-0.2, -0.15) is 0 Å². The first-order valence-corrected chi connectivity index (χ1v) is 10.5. The van der Waals surface area contributed by atoms with Gasteiger partial charge in [0.05, 0.1) is 23.4 Å². The number of amides is 2. The summed E-state index contributed by atoms with van der Waals surface area (Å²) in [5, 5.41) is 3.53. The third-order valence-electron chi connectivity index (χ3n) is 5.31. The van der Waals surface area contributed by atoms with E-state index in [-0.39, 0.29) is 11.6 Å². The Morgan fingerprint density at radius 1 is 0.812 bits per heavy atom. The summed E-state index contributed by atoms with van der Waals surface area (Å²) >= 11 is 6.27. The molecule has 1 aliphatic heterocycles. The van der Waals surface area contributed by atoms with Gasteiger partial charge in [0, 0.05) is 5.69 Å². The van der Waals surface area contributed by atoms with Crippen LogP contribution < -0.4 is 15.0 Å².